The summed E-state index contributed by atoms with van der Waals surface area (Å²) < 4.78 is 5.36. The van der Waals surface area contributed by atoms with Crippen LogP contribution >= 0.6 is 11.6 Å². The summed E-state index contributed by atoms with van der Waals surface area (Å²) >= 11 is 5.72. The van der Waals surface area contributed by atoms with Gasteiger partial charge in [-0.2, -0.15) is 0 Å². The van der Waals surface area contributed by atoms with E-state index in [1.165, 1.54) is 11.9 Å². The molecule has 0 saturated heterocycles. The third-order valence-corrected chi connectivity index (χ3v) is 3.00. The van der Waals surface area contributed by atoms with E-state index in [0.717, 1.165) is 24.3 Å². The van der Waals surface area contributed by atoms with Crippen molar-refractivity contribution in [3.8, 4) is 5.88 Å². The number of hydrogen-bond donors (Lipinski definition) is 1. The normalized spacial score (nSPS) is 10.3. The van der Waals surface area contributed by atoms with Gasteiger partial charge in [-0.05, 0) is 37.5 Å². The zero-order valence-corrected chi connectivity index (χ0v) is 12.2. The lowest BCUT2D eigenvalue weighted by Crippen LogP contribution is -1.99. The summed E-state index contributed by atoms with van der Waals surface area (Å²) in [5, 5.41) is 3.26. The molecule has 0 saturated carbocycles. The monoisotopic (exact) mass is 291 g/mol. The van der Waals surface area contributed by atoms with Gasteiger partial charge in [0.15, 0.2) is 0 Å². The van der Waals surface area contributed by atoms with Crippen molar-refractivity contribution in [1.29, 1.82) is 0 Å². The number of alkyl halides is 1. The minimum Gasteiger partial charge on any atom is -0.478 e. The lowest BCUT2D eigenvalue weighted by molar-refractivity contribution is 0.326. The highest BCUT2D eigenvalue weighted by Gasteiger charge is 2.01. The van der Waals surface area contributed by atoms with Crippen LogP contribution in [0.3, 0.4) is 0 Å². The van der Waals surface area contributed by atoms with Gasteiger partial charge in [0.25, 0.3) is 0 Å². The third kappa shape index (κ3) is 4.38. The Balaban J connectivity index is 2.07. The zero-order valence-electron chi connectivity index (χ0n) is 11.5. The Kier molecular flexibility index (Phi) is 5.62. The van der Waals surface area contributed by atoms with Gasteiger partial charge in [-0.3, -0.25) is 0 Å². The quantitative estimate of drug-likeness (QED) is 0.789. The van der Waals surface area contributed by atoms with E-state index in [9.17, 15) is 0 Å². The predicted octanol–water partition coefficient (Wildman–Crippen LogP) is 3.79. The van der Waals surface area contributed by atoms with E-state index < -0.39 is 0 Å². The first-order valence-corrected chi connectivity index (χ1v) is 7.22. The standard InChI is InChI=1S/C15H18ClN3O/c1-2-20-15-10-14(17-11-18-15)19-13-7-3-5-12(9-13)6-4-8-16/h3,5,7,9-11H,2,4,6,8H2,1H3,(H,17,18,19). The number of rotatable bonds is 7. The number of aromatic nitrogens is 2. The van der Waals surface area contributed by atoms with E-state index >= 15 is 0 Å². The second-order valence-corrected chi connectivity index (χ2v) is 4.67. The number of ether oxygens (including phenoxy) is 1. The fourth-order valence-electron chi connectivity index (χ4n) is 1.86. The van der Waals surface area contributed by atoms with Crippen LogP contribution in [0, 0.1) is 0 Å². The smallest absolute Gasteiger partial charge is 0.218 e. The van der Waals surface area contributed by atoms with Gasteiger partial charge in [0.2, 0.25) is 5.88 Å². The molecule has 0 radical (unpaired) electrons. The summed E-state index contributed by atoms with van der Waals surface area (Å²) in [6.07, 6.45) is 3.45. The number of benzene rings is 1. The first kappa shape index (κ1) is 14.6. The Hall–Kier alpha value is -1.81. The van der Waals surface area contributed by atoms with E-state index in [0.29, 0.717) is 18.4 Å². The molecule has 0 aliphatic rings. The van der Waals surface area contributed by atoms with E-state index in [1.807, 2.05) is 19.1 Å². The van der Waals surface area contributed by atoms with Crippen molar-refractivity contribution in [2.75, 3.05) is 17.8 Å². The number of nitrogens with zero attached hydrogens (tertiary/aromatic N) is 2. The van der Waals surface area contributed by atoms with Crippen molar-refractivity contribution in [3.63, 3.8) is 0 Å². The number of aryl methyl sites for hydroxylation is 1. The van der Waals surface area contributed by atoms with Crippen LogP contribution in [0.5, 0.6) is 5.88 Å². The Morgan fingerprint density at radius 3 is 2.95 bits per heavy atom. The van der Waals surface area contributed by atoms with Crippen LogP contribution in [-0.2, 0) is 6.42 Å². The second-order valence-electron chi connectivity index (χ2n) is 4.29. The highest BCUT2D eigenvalue weighted by Crippen LogP contribution is 2.19. The molecule has 0 bridgehead atoms. The van der Waals surface area contributed by atoms with Crippen LogP contribution in [0.2, 0.25) is 0 Å². The molecule has 1 heterocycles. The zero-order chi connectivity index (χ0) is 14.2. The first-order chi connectivity index (χ1) is 9.81. The van der Waals surface area contributed by atoms with Crippen molar-refractivity contribution in [2.24, 2.45) is 0 Å². The highest BCUT2D eigenvalue weighted by molar-refractivity contribution is 6.17. The minimum atomic E-state index is 0.572. The first-order valence-electron chi connectivity index (χ1n) is 6.68. The topological polar surface area (TPSA) is 47.0 Å². The van der Waals surface area contributed by atoms with Gasteiger partial charge in [0.05, 0.1) is 6.61 Å². The van der Waals surface area contributed by atoms with E-state index in [-0.39, 0.29) is 0 Å². The summed E-state index contributed by atoms with van der Waals surface area (Å²) in [6, 6.07) is 10.0. The van der Waals surface area contributed by atoms with Crippen molar-refractivity contribution in [2.45, 2.75) is 19.8 Å². The molecule has 0 fully saturated rings. The fourth-order valence-corrected chi connectivity index (χ4v) is 1.99. The molecule has 0 atom stereocenters. The SMILES string of the molecule is CCOc1cc(Nc2cccc(CCCCl)c2)ncn1. The van der Waals surface area contributed by atoms with Crippen LogP contribution in [0.15, 0.2) is 36.7 Å². The molecule has 1 aromatic heterocycles. The van der Waals surface area contributed by atoms with Gasteiger partial charge in [-0.25, -0.2) is 9.97 Å². The summed E-state index contributed by atoms with van der Waals surface area (Å²) in [5.74, 6) is 1.97. The summed E-state index contributed by atoms with van der Waals surface area (Å²) in [7, 11) is 0. The molecule has 0 spiro atoms. The molecular weight excluding hydrogens is 274 g/mol. The average molecular weight is 292 g/mol. The molecule has 106 valence electrons. The number of anilines is 2. The molecule has 1 N–H and O–H groups in total. The molecule has 2 aromatic rings. The van der Waals surface area contributed by atoms with E-state index in [4.69, 9.17) is 16.3 Å². The van der Waals surface area contributed by atoms with Crippen molar-refractivity contribution >= 4 is 23.1 Å². The maximum absolute atomic E-state index is 5.72. The molecule has 0 aliphatic heterocycles. The summed E-state index contributed by atoms with van der Waals surface area (Å²) in [5.41, 5.74) is 2.26. The fraction of sp³-hybridized carbons (Fsp3) is 0.333. The largest absolute Gasteiger partial charge is 0.478 e. The molecule has 20 heavy (non-hydrogen) atoms. The number of hydrogen-bond acceptors (Lipinski definition) is 4. The van der Waals surface area contributed by atoms with Gasteiger partial charge in [0.1, 0.15) is 12.1 Å². The van der Waals surface area contributed by atoms with Crippen LogP contribution < -0.4 is 10.1 Å². The van der Waals surface area contributed by atoms with Gasteiger partial charge >= 0.3 is 0 Å². The summed E-state index contributed by atoms with van der Waals surface area (Å²) in [6.45, 7) is 2.51. The van der Waals surface area contributed by atoms with Gasteiger partial charge in [0, 0.05) is 17.6 Å². The van der Waals surface area contributed by atoms with E-state index in [1.54, 1.807) is 6.07 Å². The van der Waals surface area contributed by atoms with E-state index in [2.05, 4.69) is 27.4 Å². The third-order valence-electron chi connectivity index (χ3n) is 2.73. The molecule has 4 nitrogen and oxygen atoms in total. The van der Waals surface area contributed by atoms with Crippen LogP contribution in [0.4, 0.5) is 11.5 Å². The Morgan fingerprint density at radius 2 is 2.15 bits per heavy atom. The Labute approximate surface area is 124 Å². The molecule has 2 rings (SSSR count). The molecule has 1 aromatic carbocycles. The van der Waals surface area contributed by atoms with Gasteiger partial charge in [-0.15, -0.1) is 11.6 Å². The van der Waals surface area contributed by atoms with Crippen molar-refractivity contribution in [1.82, 2.24) is 9.97 Å². The van der Waals surface area contributed by atoms with Gasteiger partial charge < -0.3 is 10.1 Å². The number of halogens is 1. The molecule has 5 heteroatoms. The molecular formula is C15H18ClN3O. The maximum Gasteiger partial charge on any atom is 0.218 e. The molecule has 0 unspecified atom stereocenters. The second kappa shape index (κ2) is 7.70. The van der Waals surface area contributed by atoms with Crippen molar-refractivity contribution < 1.29 is 4.74 Å². The van der Waals surface area contributed by atoms with Gasteiger partial charge in [-0.1, -0.05) is 12.1 Å². The molecule has 0 amide bonds. The van der Waals surface area contributed by atoms with Crippen LogP contribution in [0.25, 0.3) is 0 Å². The number of nitrogens with one attached hydrogen (secondary N) is 1. The minimum absolute atomic E-state index is 0.572. The molecule has 0 aliphatic carbocycles. The highest BCUT2D eigenvalue weighted by atomic mass is 35.5. The lowest BCUT2D eigenvalue weighted by Gasteiger charge is -2.08. The van der Waals surface area contributed by atoms with Crippen molar-refractivity contribution in [3.05, 3.63) is 42.2 Å². The predicted molar refractivity (Wildman–Crippen MR) is 82.0 cm³/mol. The van der Waals surface area contributed by atoms with Crippen LogP contribution in [-0.4, -0.2) is 22.5 Å². The Morgan fingerprint density at radius 1 is 1.25 bits per heavy atom. The van der Waals surface area contributed by atoms with Crippen LogP contribution in [0.1, 0.15) is 18.9 Å². The Bertz CT molecular complexity index is 548. The average Bonchev–Trinajstić information content (AvgIpc) is 2.46. The summed E-state index contributed by atoms with van der Waals surface area (Å²) in [4.78, 5) is 8.23. The maximum atomic E-state index is 5.72. The lowest BCUT2D eigenvalue weighted by atomic mass is 10.1.